The van der Waals surface area contributed by atoms with Gasteiger partial charge in [0.1, 0.15) is 5.75 Å². The molecule has 2 aromatic rings. The fourth-order valence-electron chi connectivity index (χ4n) is 1.54. The quantitative estimate of drug-likeness (QED) is 0.739. The van der Waals surface area contributed by atoms with Crippen LogP contribution in [-0.4, -0.2) is 11.3 Å². The molecule has 0 unspecified atom stereocenters. The smallest absolute Gasteiger partial charge is 0.406 e. The summed E-state index contributed by atoms with van der Waals surface area (Å²) < 4.78 is 39.9. The number of benzene rings is 1. The molecule has 0 spiro atoms. The number of ether oxygens (including phenoxy) is 1. The van der Waals surface area contributed by atoms with Crippen molar-refractivity contribution in [3.05, 3.63) is 47.1 Å². The van der Waals surface area contributed by atoms with Crippen molar-refractivity contribution < 1.29 is 17.9 Å². The van der Waals surface area contributed by atoms with Crippen LogP contribution >= 0.6 is 23.2 Å². The topological polar surface area (TPSA) is 22.1 Å². The third kappa shape index (κ3) is 3.77. The molecule has 106 valence electrons. The minimum absolute atomic E-state index is 0.241. The average Bonchev–Trinajstić information content (AvgIpc) is 2.37. The van der Waals surface area contributed by atoms with Crippen molar-refractivity contribution in [3.63, 3.8) is 0 Å². The van der Waals surface area contributed by atoms with Crippen molar-refractivity contribution in [2.24, 2.45) is 0 Å². The predicted octanol–water partition coefficient (Wildman–Crippen LogP) is 5.04. The maximum Gasteiger partial charge on any atom is 0.573 e. The van der Waals surface area contributed by atoms with Crippen LogP contribution in [0.1, 0.15) is 5.56 Å². The first kappa shape index (κ1) is 14.9. The molecule has 2 nitrogen and oxygen atoms in total. The maximum absolute atomic E-state index is 12.0. The summed E-state index contributed by atoms with van der Waals surface area (Å²) in [6.45, 7) is 0. The molecule has 0 amide bonds. The molecular weight excluding hydrogens is 314 g/mol. The van der Waals surface area contributed by atoms with Gasteiger partial charge in [0.25, 0.3) is 0 Å². The van der Waals surface area contributed by atoms with Crippen LogP contribution in [0.3, 0.4) is 0 Å². The van der Waals surface area contributed by atoms with Gasteiger partial charge in [-0.25, -0.2) is 0 Å². The van der Waals surface area contributed by atoms with Gasteiger partial charge in [-0.15, -0.1) is 24.8 Å². The predicted molar refractivity (Wildman–Crippen MR) is 70.9 cm³/mol. The summed E-state index contributed by atoms with van der Waals surface area (Å²) in [4.78, 5) is 4.15. The van der Waals surface area contributed by atoms with Crippen LogP contribution in [-0.2, 0) is 5.88 Å². The van der Waals surface area contributed by atoms with Crippen molar-refractivity contribution in [1.82, 2.24) is 4.98 Å². The minimum atomic E-state index is -4.70. The van der Waals surface area contributed by atoms with Gasteiger partial charge in [-0.2, -0.15) is 0 Å². The van der Waals surface area contributed by atoms with Gasteiger partial charge in [0.05, 0.1) is 11.6 Å². The zero-order valence-electron chi connectivity index (χ0n) is 9.92. The Morgan fingerprint density at radius 1 is 1.15 bits per heavy atom. The molecule has 0 saturated carbocycles. The standard InChI is InChI=1S/C13H8Cl2F3NO/c14-6-9-7-19-12(5-11(9)15)8-1-3-10(4-2-8)20-13(16,17)18/h1-5,7H,6H2. The van der Waals surface area contributed by atoms with Gasteiger partial charge >= 0.3 is 6.36 Å². The summed E-state index contributed by atoms with van der Waals surface area (Å²) >= 11 is 11.7. The van der Waals surface area contributed by atoms with E-state index in [1.54, 1.807) is 6.07 Å². The van der Waals surface area contributed by atoms with Crippen LogP contribution < -0.4 is 4.74 Å². The van der Waals surface area contributed by atoms with Gasteiger partial charge in [-0.05, 0) is 30.3 Å². The fraction of sp³-hybridized carbons (Fsp3) is 0.154. The molecule has 7 heteroatoms. The number of pyridine rings is 1. The van der Waals surface area contributed by atoms with E-state index in [0.717, 1.165) is 0 Å². The van der Waals surface area contributed by atoms with Crippen LogP contribution in [0, 0.1) is 0 Å². The highest BCUT2D eigenvalue weighted by Crippen LogP contribution is 2.28. The lowest BCUT2D eigenvalue weighted by Gasteiger charge is -2.09. The average molecular weight is 322 g/mol. The first-order valence-corrected chi connectivity index (χ1v) is 6.37. The molecule has 1 aromatic carbocycles. The van der Waals surface area contributed by atoms with E-state index in [1.165, 1.54) is 30.5 Å². The van der Waals surface area contributed by atoms with Crippen LogP contribution in [0.5, 0.6) is 5.75 Å². The highest BCUT2D eigenvalue weighted by Gasteiger charge is 2.30. The van der Waals surface area contributed by atoms with Crippen LogP contribution in [0.2, 0.25) is 5.02 Å². The molecule has 2 rings (SSSR count). The highest BCUT2D eigenvalue weighted by atomic mass is 35.5. The van der Waals surface area contributed by atoms with Crippen LogP contribution in [0.15, 0.2) is 36.5 Å². The maximum atomic E-state index is 12.0. The zero-order valence-corrected chi connectivity index (χ0v) is 11.4. The van der Waals surface area contributed by atoms with Gasteiger partial charge in [-0.3, -0.25) is 4.98 Å². The lowest BCUT2D eigenvalue weighted by Crippen LogP contribution is -2.16. The first-order chi connectivity index (χ1) is 9.39. The summed E-state index contributed by atoms with van der Waals surface area (Å²) in [5, 5.41) is 0.459. The van der Waals surface area contributed by atoms with E-state index in [1.807, 2.05) is 0 Å². The lowest BCUT2D eigenvalue weighted by molar-refractivity contribution is -0.274. The zero-order chi connectivity index (χ0) is 14.8. The molecule has 0 atom stereocenters. The Bertz CT molecular complexity index is 600. The van der Waals surface area contributed by atoms with Crippen LogP contribution in [0.4, 0.5) is 13.2 Å². The second-order valence-corrected chi connectivity index (χ2v) is 4.54. The van der Waals surface area contributed by atoms with E-state index >= 15 is 0 Å². The molecule has 0 bridgehead atoms. The van der Waals surface area contributed by atoms with Crippen molar-refractivity contribution in [3.8, 4) is 17.0 Å². The first-order valence-electron chi connectivity index (χ1n) is 5.45. The third-order valence-corrected chi connectivity index (χ3v) is 3.10. The number of aromatic nitrogens is 1. The van der Waals surface area contributed by atoms with Gasteiger partial charge in [-0.1, -0.05) is 11.6 Å². The molecule has 0 radical (unpaired) electrons. The fourth-order valence-corrected chi connectivity index (χ4v) is 2.04. The Labute approximate surface area is 123 Å². The molecule has 20 heavy (non-hydrogen) atoms. The summed E-state index contributed by atoms with van der Waals surface area (Å²) in [6.07, 6.45) is -3.17. The summed E-state index contributed by atoms with van der Waals surface area (Å²) in [6, 6.07) is 6.99. The van der Waals surface area contributed by atoms with Gasteiger partial charge in [0.15, 0.2) is 0 Å². The van der Waals surface area contributed by atoms with E-state index in [0.29, 0.717) is 21.8 Å². The Hall–Kier alpha value is -1.46. The van der Waals surface area contributed by atoms with Crippen LogP contribution in [0.25, 0.3) is 11.3 Å². The Balaban J connectivity index is 2.24. The van der Waals surface area contributed by atoms with E-state index in [9.17, 15) is 13.2 Å². The highest BCUT2D eigenvalue weighted by molar-refractivity contribution is 6.32. The van der Waals surface area contributed by atoms with E-state index in [2.05, 4.69) is 9.72 Å². The molecule has 0 aliphatic rings. The summed E-state index contributed by atoms with van der Waals surface area (Å²) in [5.41, 5.74) is 1.86. The lowest BCUT2D eigenvalue weighted by atomic mass is 10.1. The van der Waals surface area contributed by atoms with Crippen molar-refractivity contribution in [2.45, 2.75) is 12.2 Å². The van der Waals surface area contributed by atoms with E-state index in [4.69, 9.17) is 23.2 Å². The van der Waals surface area contributed by atoms with Crippen molar-refractivity contribution in [2.75, 3.05) is 0 Å². The third-order valence-electron chi connectivity index (χ3n) is 2.46. The Morgan fingerprint density at radius 3 is 2.30 bits per heavy atom. The molecule has 1 heterocycles. The Morgan fingerprint density at radius 2 is 1.80 bits per heavy atom. The van der Waals surface area contributed by atoms with Crippen molar-refractivity contribution in [1.29, 1.82) is 0 Å². The number of hydrogen-bond donors (Lipinski definition) is 0. The number of alkyl halides is 4. The molecule has 0 saturated heterocycles. The van der Waals surface area contributed by atoms with Gasteiger partial charge in [0, 0.05) is 22.3 Å². The molecule has 0 aliphatic heterocycles. The molecule has 0 fully saturated rings. The molecule has 1 aromatic heterocycles. The number of halogens is 5. The second kappa shape index (κ2) is 5.89. The van der Waals surface area contributed by atoms with Gasteiger partial charge < -0.3 is 4.74 Å². The van der Waals surface area contributed by atoms with E-state index < -0.39 is 6.36 Å². The second-order valence-electron chi connectivity index (χ2n) is 3.87. The summed E-state index contributed by atoms with van der Waals surface area (Å²) in [7, 11) is 0. The van der Waals surface area contributed by atoms with Crippen molar-refractivity contribution >= 4 is 23.2 Å². The summed E-state index contributed by atoms with van der Waals surface area (Å²) in [5.74, 6) is -0.0467. The molecule has 0 aliphatic carbocycles. The molecule has 0 N–H and O–H groups in total. The normalized spacial score (nSPS) is 11.4. The largest absolute Gasteiger partial charge is 0.573 e. The monoisotopic (exact) mass is 321 g/mol. The number of nitrogens with zero attached hydrogens (tertiary/aromatic N) is 1. The SMILES string of the molecule is FC(F)(F)Oc1ccc(-c2cc(Cl)c(CCl)cn2)cc1. The minimum Gasteiger partial charge on any atom is -0.406 e. The van der Waals surface area contributed by atoms with Gasteiger partial charge in [0.2, 0.25) is 0 Å². The molecular formula is C13H8Cl2F3NO. The number of rotatable bonds is 3. The number of hydrogen-bond acceptors (Lipinski definition) is 2. The van der Waals surface area contributed by atoms with E-state index in [-0.39, 0.29) is 11.6 Å². The Kier molecular flexibility index (Phi) is 4.40.